The Bertz CT molecular complexity index is 785. The maximum atomic E-state index is 11.7. The summed E-state index contributed by atoms with van der Waals surface area (Å²) in [6.45, 7) is -0.569. The van der Waals surface area contributed by atoms with Crippen molar-refractivity contribution in [3.05, 3.63) is 63.6 Å². The van der Waals surface area contributed by atoms with Gasteiger partial charge in [-0.2, -0.15) is 0 Å². The summed E-state index contributed by atoms with van der Waals surface area (Å²) >= 11 is 5.85. The number of carbonyl (C=O) groups excluding carboxylic acids is 2. The van der Waals surface area contributed by atoms with Gasteiger partial charge in [0.15, 0.2) is 6.61 Å². The van der Waals surface area contributed by atoms with E-state index in [2.05, 4.69) is 5.32 Å². The molecule has 8 nitrogen and oxygen atoms in total. The van der Waals surface area contributed by atoms with E-state index in [1.165, 1.54) is 24.5 Å². The van der Waals surface area contributed by atoms with Crippen LogP contribution in [0.25, 0.3) is 6.08 Å². The molecule has 1 aromatic heterocycles. The van der Waals surface area contributed by atoms with E-state index >= 15 is 0 Å². The molecule has 0 aliphatic heterocycles. The molecule has 124 valence electrons. The van der Waals surface area contributed by atoms with E-state index in [-0.39, 0.29) is 16.4 Å². The first-order chi connectivity index (χ1) is 11.5. The van der Waals surface area contributed by atoms with Crippen molar-refractivity contribution < 1.29 is 23.7 Å². The lowest BCUT2D eigenvalue weighted by Gasteiger charge is -2.07. The number of nitrogens with zero attached hydrogens (tertiary/aromatic N) is 1. The van der Waals surface area contributed by atoms with Crippen molar-refractivity contribution >= 4 is 40.9 Å². The predicted octanol–water partition coefficient (Wildman–Crippen LogP) is 3.04. The number of anilines is 1. The van der Waals surface area contributed by atoms with Crippen LogP contribution in [0.5, 0.6) is 0 Å². The summed E-state index contributed by atoms with van der Waals surface area (Å²) in [7, 11) is 0. The molecule has 0 atom stereocenters. The Balaban J connectivity index is 1.88. The number of furan rings is 1. The van der Waals surface area contributed by atoms with Crippen LogP contribution in [0.3, 0.4) is 0 Å². The van der Waals surface area contributed by atoms with E-state index in [0.29, 0.717) is 5.76 Å². The van der Waals surface area contributed by atoms with Crippen LogP contribution in [0.1, 0.15) is 5.76 Å². The number of nitro groups is 1. The zero-order valence-corrected chi connectivity index (χ0v) is 12.9. The lowest BCUT2D eigenvalue weighted by molar-refractivity contribution is -0.384. The van der Waals surface area contributed by atoms with Crippen LogP contribution in [0.4, 0.5) is 11.4 Å². The molecule has 0 aliphatic carbocycles. The topological polar surface area (TPSA) is 112 Å². The Labute approximate surface area is 140 Å². The quantitative estimate of drug-likeness (QED) is 0.371. The number of carbonyl (C=O) groups is 2. The molecule has 0 spiro atoms. The minimum atomic E-state index is -0.744. The maximum Gasteiger partial charge on any atom is 0.331 e. The van der Waals surface area contributed by atoms with Gasteiger partial charge in [-0.25, -0.2) is 4.79 Å². The molecular weight excluding hydrogens is 340 g/mol. The fraction of sp³-hybridized carbons (Fsp3) is 0.0667. The summed E-state index contributed by atoms with van der Waals surface area (Å²) in [6, 6.07) is 6.89. The van der Waals surface area contributed by atoms with Gasteiger partial charge in [-0.05, 0) is 24.3 Å². The van der Waals surface area contributed by atoms with Crippen molar-refractivity contribution in [3.8, 4) is 0 Å². The van der Waals surface area contributed by atoms with Crippen LogP contribution in [0, 0.1) is 10.1 Å². The van der Waals surface area contributed by atoms with Crippen LogP contribution in [-0.4, -0.2) is 23.4 Å². The van der Waals surface area contributed by atoms with E-state index in [0.717, 1.165) is 12.1 Å². The first-order valence-electron chi connectivity index (χ1n) is 6.58. The van der Waals surface area contributed by atoms with Crippen molar-refractivity contribution in [2.45, 2.75) is 0 Å². The Hall–Kier alpha value is -3.13. The van der Waals surface area contributed by atoms with Crippen molar-refractivity contribution in [1.29, 1.82) is 0 Å². The van der Waals surface area contributed by atoms with Gasteiger partial charge < -0.3 is 14.5 Å². The van der Waals surface area contributed by atoms with Crippen LogP contribution < -0.4 is 5.32 Å². The predicted molar refractivity (Wildman–Crippen MR) is 85.4 cm³/mol. The third-order valence-corrected chi connectivity index (χ3v) is 3.04. The molecule has 0 bridgehead atoms. The third-order valence-electron chi connectivity index (χ3n) is 2.71. The zero-order valence-electron chi connectivity index (χ0n) is 12.1. The highest BCUT2D eigenvalue weighted by atomic mass is 35.5. The van der Waals surface area contributed by atoms with Gasteiger partial charge in [0.2, 0.25) is 0 Å². The average molecular weight is 351 g/mol. The molecule has 9 heteroatoms. The van der Waals surface area contributed by atoms with Gasteiger partial charge >= 0.3 is 5.97 Å². The van der Waals surface area contributed by atoms with Crippen molar-refractivity contribution in [2.24, 2.45) is 0 Å². The third kappa shape index (κ3) is 4.96. The first kappa shape index (κ1) is 17.2. The number of esters is 1. The van der Waals surface area contributed by atoms with Gasteiger partial charge in [0.1, 0.15) is 5.76 Å². The summed E-state index contributed by atoms with van der Waals surface area (Å²) in [5.74, 6) is -0.969. The highest BCUT2D eigenvalue weighted by Gasteiger charge is 2.13. The molecule has 1 heterocycles. The van der Waals surface area contributed by atoms with Crippen LogP contribution in [-0.2, 0) is 14.3 Å². The first-order valence-corrected chi connectivity index (χ1v) is 6.95. The second-order valence-corrected chi connectivity index (χ2v) is 4.83. The normalized spacial score (nSPS) is 10.5. The van der Waals surface area contributed by atoms with Crippen molar-refractivity contribution in [2.75, 3.05) is 11.9 Å². The summed E-state index contributed by atoms with van der Waals surface area (Å²) in [6.07, 6.45) is 3.94. The number of benzene rings is 1. The lowest BCUT2D eigenvalue weighted by Crippen LogP contribution is -2.20. The Morgan fingerprint density at radius 2 is 2.17 bits per heavy atom. The number of halogens is 1. The number of ether oxygens (including phenoxy) is 1. The molecular formula is C15H11ClN2O6. The zero-order chi connectivity index (χ0) is 17.5. The number of rotatable bonds is 6. The summed E-state index contributed by atoms with van der Waals surface area (Å²) in [4.78, 5) is 33.3. The minimum absolute atomic E-state index is 0.0537. The van der Waals surface area contributed by atoms with E-state index in [4.69, 9.17) is 20.8 Å². The Kier molecular flexibility index (Phi) is 5.69. The number of amides is 1. The highest BCUT2D eigenvalue weighted by molar-refractivity contribution is 6.33. The molecule has 1 aromatic carbocycles. The number of nitrogens with one attached hydrogen (secondary N) is 1. The molecule has 0 radical (unpaired) electrons. The fourth-order valence-electron chi connectivity index (χ4n) is 1.63. The second-order valence-electron chi connectivity index (χ2n) is 4.43. The van der Waals surface area contributed by atoms with Gasteiger partial charge in [-0.15, -0.1) is 0 Å². The average Bonchev–Trinajstić information content (AvgIpc) is 3.06. The van der Waals surface area contributed by atoms with Crippen LogP contribution in [0.2, 0.25) is 5.02 Å². The minimum Gasteiger partial charge on any atom is -0.465 e. The number of nitro benzene ring substituents is 1. The fourth-order valence-corrected chi connectivity index (χ4v) is 1.79. The number of hydrogen-bond donors (Lipinski definition) is 1. The molecule has 0 unspecified atom stereocenters. The molecule has 24 heavy (non-hydrogen) atoms. The Morgan fingerprint density at radius 3 is 2.83 bits per heavy atom. The summed E-state index contributed by atoms with van der Waals surface area (Å²) < 4.78 is 9.72. The number of non-ortho nitro benzene ring substituents is 1. The largest absolute Gasteiger partial charge is 0.465 e. The number of hydrogen-bond acceptors (Lipinski definition) is 6. The molecule has 2 rings (SSSR count). The monoisotopic (exact) mass is 350 g/mol. The van der Waals surface area contributed by atoms with Crippen molar-refractivity contribution in [1.82, 2.24) is 0 Å². The Morgan fingerprint density at radius 1 is 1.38 bits per heavy atom. The van der Waals surface area contributed by atoms with Crippen molar-refractivity contribution in [3.63, 3.8) is 0 Å². The van der Waals surface area contributed by atoms with E-state index in [1.54, 1.807) is 12.1 Å². The molecule has 0 aliphatic rings. The van der Waals surface area contributed by atoms with E-state index < -0.39 is 23.4 Å². The SMILES string of the molecule is O=C(COC(=O)C=Cc1ccco1)Nc1cc([N+](=O)[O-])ccc1Cl. The van der Waals surface area contributed by atoms with E-state index in [1.807, 2.05) is 0 Å². The van der Waals surface area contributed by atoms with Gasteiger partial charge in [-0.3, -0.25) is 14.9 Å². The van der Waals surface area contributed by atoms with Crippen LogP contribution in [0.15, 0.2) is 47.1 Å². The molecule has 0 fully saturated rings. The second kappa shape index (κ2) is 7.93. The molecule has 2 aromatic rings. The summed E-state index contributed by atoms with van der Waals surface area (Å²) in [5.41, 5.74) is -0.175. The van der Waals surface area contributed by atoms with E-state index in [9.17, 15) is 19.7 Å². The molecule has 1 N–H and O–H groups in total. The standard InChI is InChI=1S/C15H11ClN2O6/c16-12-5-3-10(18(21)22)8-13(12)17-14(19)9-24-15(20)6-4-11-2-1-7-23-11/h1-8H,9H2,(H,17,19). The molecule has 1 amide bonds. The van der Waals surface area contributed by atoms with Gasteiger partial charge in [-0.1, -0.05) is 11.6 Å². The molecule has 0 saturated carbocycles. The van der Waals surface area contributed by atoms with Gasteiger partial charge in [0.25, 0.3) is 11.6 Å². The van der Waals surface area contributed by atoms with Crippen LogP contribution >= 0.6 is 11.6 Å². The maximum absolute atomic E-state index is 11.7. The highest BCUT2D eigenvalue weighted by Crippen LogP contribution is 2.26. The molecule has 0 saturated heterocycles. The van der Waals surface area contributed by atoms with Gasteiger partial charge in [0, 0.05) is 18.2 Å². The smallest absolute Gasteiger partial charge is 0.331 e. The van der Waals surface area contributed by atoms with Gasteiger partial charge in [0.05, 0.1) is 21.9 Å². The lowest BCUT2D eigenvalue weighted by atomic mass is 10.3. The summed E-state index contributed by atoms with van der Waals surface area (Å²) in [5, 5.41) is 13.2.